The number of carbonyl (C=O) groups excluding carboxylic acids is 1. The van der Waals surface area contributed by atoms with Crippen LogP contribution in [0.4, 0.5) is 0 Å². The molecule has 0 aromatic carbocycles. The molecule has 0 spiro atoms. The molecule has 4 aliphatic carbocycles. The maximum Gasteiger partial charge on any atom is 0.302 e. The zero-order valence-electron chi connectivity index (χ0n) is 21.9. The minimum atomic E-state index is -0.193. The Morgan fingerprint density at radius 1 is 1.12 bits per heavy atom. The van der Waals surface area contributed by atoms with Crippen LogP contribution in [0.1, 0.15) is 106 Å². The predicted octanol–water partition coefficient (Wildman–Crippen LogP) is 7.40. The molecular weight excluding hydrogens is 410 g/mol. The number of carbonyl (C=O) groups is 1. The van der Waals surface area contributed by atoms with Crippen molar-refractivity contribution in [3.05, 3.63) is 11.6 Å². The highest BCUT2D eigenvalue weighted by atomic mass is 16.5. The largest absolute Gasteiger partial charge is 0.462 e. The van der Waals surface area contributed by atoms with Gasteiger partial charge in [0.25, 0.3) is 0 Å². The third kappa shape index (κ3) is 4.41. The Labute approximate surface area is 201 Å². The van der Waals surface area contributed by atoms with Gasteiger partial charge in [0.1, 0.15) is 6.10 Å². The van der Waals surface area contributed by atoms with Crippen LogP contribution in [-0.2, 0) is 9.53 Å². The van der Waals surface area contributed by atoms with E-state index in [-0.39, 0.29) is 17.5 Å². The third-order valence-electron chi connectivity index (χ3n) is 10.6. The number of esters is 1. The van der Waals surface area contributed by atoms with Gasteiger partial charge in [0.05, 0.1) is 5.71 Å². The summed E-state index contributed by atoms with van der Waals surface area (Å²) < 4.78 is 5.58. The summed E-state index contributed by atoms with van der Waals surface area (Å²) >= 11 is 0. The van der Waals surface area contributed by atoms with Crippen molar-refractivity contribution < 1.29 is 14.7 Å². The topological polar surface area (TPSA) is 58.9 Å². The van der Waals surface area contributed by atoms with Crippen LogP contribution in [0.3, 0.4) is 0 Å². The fraction of sp³-hybridized carbons (Fsp3) is 0.862. The Morgan fingerprint density at radius 3 is 2.55 bits per heavy atom. The Morgan fingerprint density at radius 2 is 1.88 bits per heavy atom. The number of allylic oxidation sites excluding steroid dienone is 1. The molecule has 0 bridgehead atoms. The fourth-order valence-corrected chi connectivity index (χ4v) is 8.85. The monoisotopic (exact) mass is 457 g/mol. The molecule has 3 fully saturated rings. The second kappa shape index (κ2) is 9.38. The third-order valence-corrected chi connectivity index (χ3v) is 10.6. The van der Waals surface area contributed by atoms with Gasteiger partial charge < -0.3 is 9.94 Å². The van der Waals surface area contributed by atoms with E-state index in [9.17, 15) is 10.0 Å². The summed E-state index contributed by atoms with van der Waals surface area (Å²) in [5.74, 6) is 3.67. The van der Waals surface area contributed by atoms with E-state index < -0.39 is 0 Å². The molecule has 4 aliphatic rings. The maximum absolute atomic E-state index is 11.5. The van der Waals surface area contributed by atoms with E-state index in [1.54, 1.807) is 0 Å². The van der Waals surface area contributed by atoms with Crippen molar-refractivity contribution in [2.24, 2.45) is 51.5 Å². The van der Waals surface area contributed by atoms with Crippen molar-refractivity contribution in [2.75, 3.05) is 0 Å². The minimum absolute atomic E-state index is 0.0327. The minimum Gasteiger partial charge on any atom is -0.462 e. The summed E-state index contributed by atoms with van der Waals surface area (Å²) in [5, 5.41) is 14.0. The molecule has 33 heavy (non-hydrogen) atoms. The summed E-state index contributed by atoms with van der Waals surface area (Å²) in [5.41, 5.74) is 2.73. The van der Waals surface area contributed by atoms with E-state index in [0.29, 0.717) is 23.2 Å². The molecule has 0 saturated heterocycles. The van der Waals surface area contributed by atoms with Gasteiger partial charge in [0, 0.05) is 19.3 Å². The van der Waals surface area contributed by atoms with Gasteiger partial charge in [-0.15, -0.1) is 0 Å². The highest BCUT2D eigenvalue weighted by molar-refractivity contribution is 5.99. The lowest BCUT2D eigenvalue weighted by molar-refractivity contribution is -0.148. The summed E-state index contributed by atoms with van der Waals surface area (Å²) in [4.78, 5) is 11.5. The lowest BCUT2D eigenvalue weighted by Gasteiger charge is -2.58. The van der Waals surface area contributed by atoms with Gasteiger partial charge in [-0.1, -0.05) is 64.6 Å². The molecule has 0 aromatic rings. The summed E-state index contributed by atoms with van der Waals surface area (Å²) in [6.07, 6.45) is 14.1. The van der Waals surface area contributed by atoms with Crippen LogP contribution < -0.4 is 0 Å². The van der Waals surface area contributed by atoms with Crippen LogP contribution >= 0.6 is 0 Å². The van der Waals surface area contributed by atoms with Crippen molar-refractivity contribution >= 4 is 11.7 Å². The average Bonchev–Trinajstić information content (AvgIpc) is 3.10. The number of hydrogen-bond acceptors (Lipinski definition) is 4. The van der Waals surface area contributed by atoms with Crippen molar-refractivity contribution in [1.82, 2.24) is 0 Å². The number of ether oxygens (including phenoxy) is 1. The normalized spacial score (nSPS) is 42.3. The van der Waals surface area contributed by atoms with Crippen LogP contribution in [0.25, 0.3) is 0 Å². The van der Waals surface area contributed by atoms with Gasteiger partial charge in [-0.05, 0) is 85.0 Å². The van der Waals surface area contributed by atoms with Gasteiger partial charge in [0.15, 0.2) is 0 Å². The predicted molar refractivity (Wildman–Crippen MR) is 133 cm³/mol. The zero-order chi connectivity index (χ0) is 24.0. The molecule has 1 N–H and O–H groups in total. The fourth-order valence-electron chi connectivity index (χ4n) is 8.85. The first-order valence-corrected chi connectivity index (χ1v) is 13.7. The molecule has 0 amide bonds. The van der Waals surface area contributed by atoms with E-state index in [4.69, 9.17) is 4.74 Å². The van der Waals surface area contributed by atoms with E-state index >= 15 is 0 Å². The Bertz CT molecular complexity index is 801. The Kier molecular flexibility index (Phi) is 7.05. The molecular formula is C29H47NO3. The van der Waals surface area contributed by atoms with Crippen LogP contribution in [0.15, 0.2) is 16.8 Å². The molecule has 0 aromatic heterocycles. The first-order valence-electron chi connectivity index (χ1n) is 13.7. The Balaban J connectivity index is 1.56. The molecule has 4 rings (SSSR count). The van der Waals surface area contributed by atoms with Crippen molar-refractivity contribution in [2.45, 2.75) is 112 Å². The van der Waals surface area contributed by atoms with Crippen LogP contribution in [0.2, 0.25) is 0 Å². The SMILES string of the molecule is CC(=O)O[C@@H]1CC[C@@]2(C)C(=C/C(=N\O)[C@H]3[C@@H]4CC[C@H]([C@H](C)CCCC(C)C)[C@@]4(C)CC[C@@H]32)C1. The number of rotatable bonds is 6. The number of nitrogens with zero attached hydrogens (tertiary/aromatic N) is 1. The molecule has 0 heterocycles. The highest BCUT2D eigenvalue weighted by Gasteiger charge is 2.61. The van der Waals surface area contributed by atoms with Crippen molar-refractivity contribution in [1.29, 1.82) is 0 Å². The standard InChI is InChI=1S/C29H47NO3/c1-18(2)8-7-9-19(3)23-10-11-24-27-25(13-15-29(23,24)6)28(5)14-12-22(33-20(4)31)16-21(28)17-26(27)30-32/h17-19,22-25,27,32H,7-16H2,1-6H3/b30-26+/t19-,22-,23-,24+,25+,27+,28+,29-/m1/s1. The summed E-state index contributed by atoms with van der Waals surface area (Å²) in [6.45, 7) is 13.7. The zero-order valence-corrected chi connectivity index (χ0v) is 21.9. The average molecular weight is 458 g/mol. The van der Waals surface area contributed by atoms with Gasteiger partial charge >= 0.3 is 5.97 Å². The first-order chi connectivity index (χ1) is 15.6. The molecule has 0 aliphatic heterocycles. The maximum atomic E-state index is 11.5. The number of oxime groups is 1. The molecule has 4 nitrogen and oxygen atoms in total. The molecule has 8 atom stereocenters. The quantitative estimate of drug-likeness (QED) is 0.257. The van der Waals surface area contributed by atoms with Gasteiger partial charge in [0.2, 0.25) is 0 Å². The number of hydrogen-bond donors (Lipinski definition) is 1. The van der Waals surface area contributed by atoms with E-state index in [0.717, 1.165) is 42.7 Å². The molecule has 0 radical (unpaired) electrons. The van der Waals surface area contributed by atoms with Gasteiger partial charge in [-0.2, -0.15) is 0 Å². The lowest BCUT2D eigenvalue weighted by Crippen LogP contribution is -2.54. The summed E-state index contributed by atoms with van der Waals surface area (Å²) in [6, 6.07) is 0. The second-order valence-corrected chi connectivity index (χ2v) is 12.9. The molecule has 0 unspecified atom stereocenters. The smallest absolute Gasteiger partial charge is 0.302 e. The van der Waals surface area contributed by atoms with Crippen LogP contribution in [-0.4, -0.2) is 23.0 Å². The van der Waals surface area contributed by atoms with Crippen molar-refractivity contribution in [3.63, 3.8) is 0 Å². The van der Waals surface area contributed by atoms with E-state index in [1.165, 1.54) is 57.4 Å². The second-order valence-electron chi connectivity index (χ2n) is 12.9. The van der Waals surface area contributed by atoms with Crippen LogP contribution in [0, 0.1) is 46.3 Å². The van der Waals surface area contributed by atoms with Gasteiger partial charge in [-0.25, -0.2) is 0 Å². The molecule has 186 valence electrons. The highest BCUT2D eigenvalue weighted by Crippen LogP contribution is 2.67. The number of fused-ring (bicyclic) bond motifs is 5. The molecule has 4 heteroatoms. The van der Waals surface area contributed by atoms with E-state index in [1.807, 2.05) is 0 Å². The first kappa shape index (κ1) is 24.8. The summed E-state index contributed by atoms with van der Waals surface area (Å²) in [7, 11) is 0. The van der Waals surface area contributed by atoms with E-state index in [2.05, 4.69) is 45.9 Å². The van der Waals surface area contributed by atoms with Crippen LogP contribution in [0.5, 0.6) is 0 Å². The van der Waals surface area contributed by atoms with Crippen molar-refractivity contribution in [3.8, 4) is 0 Å². The Hall–Kier alpha value is -1.32. The van der Waals surface area contributed by atoms with Gasteiger partial charge in [-0.3, -0.25) is 4.79 Å². The lowest BCUT2D eigenvalue weighted by atomic mass is 9.46. The molecule has 3 saturated carbocycles.